The van der Waals surface area contributed by atoms with Crippen LogP contribution in [-0.2, 0) is 4.74 Å². The van der Waals surface area contributed by atoms with Gasteiger partial charge in [0.2, 0.25) is 0 Å². The first-order chi connectivity index (χ1) is 8.33. The lowest BCUT2D eigenvalue weighted by molar-refractivity contribution is -0.0650. The highest BCUT2D eigenvalue weighted by Gasteiger charge is 2.31. The minimum Gasteiger partial charge on any atom is -0.381 e. The maximum Gasteiger partial charge on any atom is 0.134 e. The lowest BCUT2D eigenvalue weighted by Crippen LogP contribution is -2.42. The Balaban J connectivity index is 1.60. The third-order valence-electron chi connectivity index (χ3n) is 3.81. The Hall–Kier alpha value is -0.870. The predicted molar refractivity (Wildman–Crippen MR) is 66.3 cm³/mol. The van der Waals surface area contributed by atoms with E-state index >= 15 is 0 Å². The second-order valence-corrected chi connectivity index (χ2v) is 5.21. The van der Waals surface area contributed by atoms with Gasteiger partial charge in [0.15, 0.2) is 0 Å². The first-order valence-corrected chi connectivity index (χ1v) is 6.51. The van der Waals surface area contributed by atoms with E-state index in [1.807, 2.05) is 6.07 Å². The predicted octanol–water partition coefficient (Wildman–Crippen LogP) is 1.99. The number of hydrogen-bond donors (Lipinski definition) is 0. The van der Waals surface area contributed by atoms with E-state index < -0.39 is 0 Å². The normalized spacial score (nSPS) is 22.5. The van der Waals surface area contributed by atoms with Gasteiger partial charge in [-0.25, -0.2) is 9.97 Å². The van der Waals surface area contributed by atoms with Crippen LogP contribution in [0.5, 0.6) is 0 Å². The molecule has 0 radical (unpaired) electrons. The minimum absolute atomic E-state index is 0.518. The summed E-state index contributed by atoms with van der Waals surface area (Å²) in [6, 6.07) is 1.84. The van der Waals surface area contributed by atoms with Crippen molar-refractivity contribution in [2.45, 2.75) is 12.8 Å². The molecule has 0 spiro atoms. The Kier molecular flexibility index (Phi) is 3.16. The summed E-state index contributed by atoms with van der Waals surface area (Å²) >= 11 is 5.88. The van der Waals surface area contributed by atoms with Gasteiger partial charge < -0.3 is 9.64 Å². The number of piperidine rings is 1. The molecule has 2 saturated heterocycles. The van der Waals surface area contributed by atoms with Gasteiger partial charge in [0, 0.05) is 25.1 Å². The molecule has 5 heteroatoms. The molecule has 2 aliphatic rings. The molecule has 0 amide bonds. The fourth-order valence-electron chi connectivity index (χ4n) is 2.62. The zero-order valence-electron chi connectivity index (χ0n) is 9.68. The zero-order chi connectivity index (χ0) is 11.7. The van der Waals surface area contributed by atoms with Gasteiger partial charge in [-0.1, -0.05) is 11.6 Å². The van der Waals surface area contributed by atoms with E-state index in [1.54, 1.807) is 0 Å². The molecule has 3 rings (SSSR count). The van der Waals surface area contributed by atoms with Crippen molar-refractivity contribution < 1.29 is 4.74 Å². The molecular weight excluding hydrogens is 238 g/mol. The molecule has 17 heavy (non-hydrogen) atoms. The smallest absolute Gasteiger partial charge is 0.134 e. The first-order valence-electron chi connectivity index (χ1n) is 6.13. The number of anilines is 1. The zero-order valence-corrected chi connectivity index (χ0v) is 10.4. The van der Waals surface area contributed by atoms with Crippen LogP contribution in [0.3, 0.4) is 0 Å². The number of aromatic nitrogens is 2. The fourth-order valence-corrected chi connectivity index (χ4v) is 2.76. The summed E-state index contributed by atoms with van der Waals surface area (Å²) in [7, 11) is 0. The Bertz CT molecular complexity index is 389. The molecule has 0 aliphatic carbocycles. The largest absolute Gasteiger partial charge is 0.381 e. The van der Waals surface area contributed by atoms with Crippen molar-refractivity contribution >= 4 is 17.4 Å². The average molecular weight is 254 g/mol. The van der Waals surface area contributed by atoms with Crippen molar-refractivity contribution in [1.29, 1.82) is 0 Å². The summed E-state index contributed by atoms with van der Waals surface area (Å²) in [5.41, 5.74) is 0. The van der Waals surface area contributed by atoms with Crippen LogP contribution in [0.25, 0.3) is 0 Å². The van der Waals surface area contributed by atoms with E-state index in [9.17, 15) is 0 Å². The molecule has 0 saturated carbocycles. The molecule has 2 fully saturated rings. The highest BCUT2D eigenvalue weighted by molar-refractivity contribution is 6.29. The summed E-state index contributed by atoms with van der Waals surface area (Å²) in [5, 5.41) is 0.518. The van der Waals surface area contributed by atoms with Crippen LogP contribution < -0.4 is 4.90 Å². The quantitative estimate of drug-likeness (QED) is 0.756. The SMILES string of the molecule is Clc1cc(N2CCC(C3COC3)CC2)ncn1. The maximum absolute atomic E-state index is 5.88. The maximum atomic E-state index is 5.88. The minimum atomic E-state index is 0.518. The second kappa shape index (κ2) is 4.78. The highest BCUT2D eigenvalue weighted by Crippen LogP contribution is 2.31. The number of halogens is 1. The van der Waals surface area contributed by atoms with E-state index in [2.05, 4.69) is 14.9 Å². The van der Waals surface area contributed by atoms with Crippen LogP contribution in [0.1, 0.15) is 12.8 Å². The second-order valence-electron chi connectivity index (χ2n) is 4.82. The van der Waals surface area contributed by atoms with E-state index in [0.717, 1.165) is 44.0 Å². The molecule has 0 atom stereocenters. The van der Waals surface area contributed by atoms with Crippen molar-refractivity contribution in [2.24, 2.45) is 11.8 Å². The van der Waals surface area contributed by atoms with E-state index in [-0.39, 0.29) is 0 Å². The van der Waals surface area contributed by atoms with Gasteiger partial charge in [-0.05, 0) is 18.8 Å². The van der Waals surface area contributed by atoms with Gasteiger partial charge in [-0.15, -0.1) is 0 Å². The molecule has 0 aromatic carbocycles. The molecule has 0 unspecified atom stereocenters. The molecule has 3 heterocycles. The summed E-state index contributed by atoms with van der Waals surface area (Å²) in [6.45, 7) is 4.05. The molecule has 0 bridgehead atoms. The number of rotatable bonds is 2. The Labute approximate surface area is 106 Å². The average Bonchev–Trinajstić information content (AvgIpc) is 2.28. The van der Waals surface area contributed by atoms with Gasteiger partial charge >= 0.3 is 0 Å². The lowest BCUT2D eigenvalue weighted by atomic mass is 9.83. The summed E-state index contributed by atoms with van der Waals surface area (Å²) in [4.78, 5) is 10.5. The monoisotopic (exact) mass is 253 g/mol. The van der Waals surface area contributed by atoms with Crippen LogP contribution in [0.2, 0.25) is 5.15 Å². The molecule has 4 nitrogen and oxygen atoms in total. The van der Waals surface area contributed by atoms with Crippen LogP contribution in [0, 0.1) is 11.8 Å². The van der Waals surface area contributed by atoms with Crippen molar-refractivity contribution in [1.82, 2.24) is 9.97 Å². The molecule has 1 aromatic heterocycles. The van der Waals surface area contributed by atoms with Gasteiger partial charge in [0.05, 0.1) is 13.2 Å². The highest BCUT2D eigenvalue weighted by atomic mass is 35.5. The van der Waals surface area contributed by atoms with Crippen LogP contribution in [-0.4, -0.2) is 36.3 Å². The lowest BCUT2D eigenvalue weighted by Gasteiger charge is -2.39. The first kappa shape index (κ1) is 11.2. The van der Waals surface area contributed by atoms with Gasteiger partial charge in [-0.2, -0.15) is 0 Å². The molecular formula is C12H16ClN3O. The van der Waals surface area contributed by atoms with Gasteiger partial charge in [0.1, 0.15) is 17.3 Å². The van der Waals surface area contributed by atoms with E-state index in [1.165, 1.54) is 19.2 Å². The van der Waals surface area contributed by atoms with Crippen molar-refractivity contribution in [2.75, 3.05) is 31.2 Å². The number of hydrogen-bond acceptors (Lipinski definition) is 4. The van der Waals surface area contributed by atoms with Gasteiger partial charge in [0.25, 0.3) is 0 Å². The Morgan fingerprint density at radius 3 is 2.53 bits per heavy atom. The number of nitrogens with zero attached hydrogens (tertiary/aromatic N) is 3. The van der Waals surface area contributed by atoms with Gasteiger partial charge in [-0.3, -0.25) is 0 Å². The van der Waals surface area contributed by atoms with Crippen LogP contribution >= 0.6 is 11.6 Å². The van der Waals surface area contributed by atoms with E-state index in [4.69, 9.17) is 16.3 Å². The standard InChI is InChI=1S/C12H16ClN3O/c13-11-5-12(15-8-14-11)16-3-1-9(2-4-16)10-6-17-7-10/h5,8-10H,1-4,6-7H2. The third-order valence-corrected chi connectivity index (χ3v) is 4.02. The van der Waals surface area contributed by atoms with Crippen molar-refractivity contribution in [3.05, 3.63) is 17.5 Å². The Morgan fingerprint density at radius 2 is 1.94 bits per heavy atom. The van der Waals surface area contributed by atoms with Crippen LogP contribution in [0.15, 0.2) is 12.4 Å². The van der Waals surface area contributed by atoms with Crippen molar-refractivity contribution in [3.8, 4) is 0 Å². The van der Waals surface area contributed by atoms with E-state index in [0.29, 0.717) is 5.15 Å². The topological polar surface area (TPSA) is 38.2 Å². The summed E-state index contributed by atoms with van der Waals surface area (Å²) in [6.07, 6.45) is 3.99. The number of ether oxygens (including phenoxy) is 1. The third kappa shape index (κ3) is 2.38. The summed E-state index contributed by atoms with van der Waals surface area (Å²) < 4.78 is 5.26. The Morgan fingerprint density at radius 1 is 1.18 bits per heavy atom. The molecule has 92 valence electrons. The fraction of sp³-hybridized carbons (Fsp3) is 0.667. The van der Waals surface area contributed by atoms with Crippen LogP contribution in [0.4, 0.5) is 5.82 Å². The molecule has 0 N–H and O–H groups in total. The van der Waals surface area contributed by atoms with Crippen molar-refractivity contribution in [3.63, 3.8) is 0 Å². The molecule has 1 aromatic rings. The molecule has 2 aliphatic heterocycles. The summed E-state index contributed by atoms with van der Waals surface area (Å²) in [5.74, 6) is 2.58.